The van der Waals surface area contributed by atoms with Gasteiger partial charge in [-0.2, -0.15) is 0 Å². The van der Waals surface area contributed by atoms with Gasteiger partial charge in [0.05, 0.1) is 13.2 Å². The predicted octanol–water partition coefficient (Wildman–Crippen LogP) is 3.26. The fourth-order valence-corrected chi connectivity index (χ4v) is 2.14. The molecule has 0 aromatic heterocycles. The third kappa shape index (κ3) is 6.31. The molecule has 0 saturated carbocycles. The van der Waals surface area contributed by atoms with Crippen molar-refractivity contribution in [3.05, 3.63) is 34.9 Å². The third-order valence-electron chi connectivity index (χ3n) is 3.28. The highest BCUT2D eigenvalue weighted by atomic mass is 16.5. The Labute approximate surface area is 133 Å². The standard InChI is InChI=1S/C18H27NO3/c1-13(2)22-10-6-9-19-18(20)8-7-17-14(3)11-16(21-5)12-15(17)4/h7-8,11-13H,6,9-10H2,1-5H3,(H,19,20)/b8-7+. The molecule has 1 amide bonds. The van der Waals surface area contributed by atoms with Crippen LogP contribution in [0.5, 0.6) is 5.75 Å². The Balaban J connectivity index is 2.49. The zero-order valence-electron chi connectivity index (χ0n) is 14.2. The Morgan fingerprint density at radius 1 is 1.27 bits per heavy atom. The van der Waals surface area contributed by atoms with Crippen molar-refractivity contribution in [3.63, 3.8) is 0 Å². The van der Waals surface area contributed by atoms with E-state index in [1.54, 1.807) is 13.2 Å². The molecule has 1 N–H and O–H groups in total. The predicted molar refractivity (Wildman–Crippen MR) is 90.2 cm³/mol. The van der Waals surface area contributed by atoms with Gasteiger partial charge in [0.15, 0.2) is 0 Å². The highest BCUT2D eigenvalue weighted by Gasteiger charge is 2.03. The Hall–Kier alpha value is -1.81. The highest BCUT2D eigenvalue weighted by Crippen LogP contribution is 2.22. The maximum Gasteiger partial charge on any atom is 0.244 e. The fourth-order valence-electron chi connectivity index (χ4n) is 2.14. The van der Waals surface area contributed by atoms with Crippen LogP contribution in [0.3, 0.4) is 0 Å². The van der Waals surface area contributed by atoms with Gasteiger partial charge < -0.3 is 14.8 Å². The quantitative estimate of drug-likeness (QED) is 0.592. The summed E-state index contributed by atoms with van der Waals surface area (Å²) in [5, 5.41) is 2.86. The smallest absolute Gasteiger partial charge is 0.244 e. The lowest BCUT2D eigenvalue weighted by Crippen LogP contribution is -2.23. The lowest BCUT2D eigenvalue weighted by atomic mass is 10.0. The molecule has 0 spiro atoms. The summed E-state index contributed by atoms with van der Waals surface area (Å²) >= 11 is 0. The van der Waals surface area contributed by atoms with Crippen LogP contribution in [0.25, 0.3) is 6.08 Å². The first-order valence-corrected chi connectivity index (χ1v) is 7.66. The summed E-state index contributed by atoms with van der Waals surface area (Å²) in [6.45, 7) is 9.31. The van der Waals surface area contributed by atoms with Crippen molar-refractivity contribution in [2.45, 2.75) is 40.2 Å². The summed E-state index contributed by atoms with van der Waals surface area (Å²) in [5.74, 6) is 0.751. The van der Waals surface area contributed by atoms with E-state index in [0.717, 1.165) is 28.9 Å². The van der Waals surface area contributed by atoms with Crippen molar-refractivity contribution in [2.75, 3.05) is 20.3 Å². The molecule has 0 aliphatic heterocycles. The monoisotopic (exact) mass is 305 g/mol. The number of aryl methyl sites for hydroxylation is 2. The molecule has 22 heavy (non-hydrogen) atoms. The van der Waals surface area contributed by atoms with E-state index in [2.05, 4.69) is 5.32 Å². The lowest BCUT2D eigenvalue weighted by Gasteiger charge is -2.09. The van der Waals surface area contributed by atoms with Crippen LogP contribution in [0.1, 0.15) is 37.0 Å². The summed E-state index contributed by atoms with van der Waals surface area (Å²) in [4.78, 5) is 11.8. The van der Waals surface area contributed by atoms with Crippen LogP contribution in [0.15, 0.2) is 18.2 Å². The van der Waals surface area contributed by atoms with Crippen LogP contribution in [-0.4, -0.2) is 32.3 Å². The van der Waals surface area contributed by atoms with Gasteiger partial charge in [-0.3, -0.25) is 4.79 Å². The molecular formula is C18H27NO3. The molecule has 0 heterocycles. The van der Waals surface area contributed by atoms with E-state index in [-0.39, 0.29) is 12.0 Å². The van der Waals surface area contributed by atoms with Crippen molar-refractivity contribution in [1.29, 1.82) is 0 Å². The molecule has 1 rings (SSSR count). The zero-order chi connectivity index (χ0) is 16.5. The summed E-state index contributed by atoms with van der Waals surface area (Å²) in [6.07, 6.45) is 4.48. The molecular weight excluding hydrogens is 278 g/mol. The van der Waals surface area contributed by atoms with E-state index in [0.29, 0.717) is 13.2 Å². The van der Waals surface area contributed by atoms with Crippen LogP contribution < -0.4 is 10.1 Å². The second kappa shape index (κ2) is 9.26. The average Bonchev–Trinajstić information content (AvgIpc) is 2.45. The molecule has 4 nitrogen and oxygen atoms in total. The van der Waals surface area contributed by atoms with Gasteiger partial charge in [0.2, 0.25) is 5.91 Å². The molecule has 1 aromatic carbocycles. The third-order valence-corrected chi connectivity index (χ3v) is 3.28. The Morgan fingerprint density at radius 3 is 2.45 bits per heavy atom. The number of carbonyl (C=O) groups is 1. The van der Waals surface area contributed by atoms with E-state index >= 15 is 0 Å². The molecule has 122 valence electrons. The van der Waals surface area contributed by atoms with Crippen molar-refractivity contribution in [1.82, 2.24) is 5.32 Å². The zero-order valence-corrected chi connectivity index (χ0v) is 14.2. The molecule has 0 atom stereocenters. The molecule has 0 fully saturated rings. The number of benzene rings is 1. The van der Waals surface area contributed by atoms with Gasteiger partial charge in [-0.25, -0.2) is 0 Å². The van der Waals surface area contributed by atoms with Gasteiger partial charge in [-0.05, 0) is 69.0 Å². The summed E-state index contributed by atoms with van der Waals surface area (Å²) in [7, 11) is 1.65. The van der Waals surface area contributed by atoms with Crippen LogP contribution in [0, 0.1) is 13.8 Å². The summed E-state index contributed by atoms with van der Waals surface area (Å²) < 4.78 is 10.7. The number of hydrogen-bond donors (Lipinski definition) is 1. The number of methoxy groups -OCH3 is 1. The van der Waals surface area contributed by atoms with Gasteiger partial charge in [0.1, 0.15) is 5.75 Å². The number of ether oxygens (including phenoxy) is 2. The molecule has 0 radical (unpaired) electrons. The largest absolute Gasteiger partial charge is 0.497 e. The van der Waals surface area contributed by atoms with E-state index in [1.807, 2.05) is 45.9 Å². The maximum atomic E-state index is 11.8. The van der Waals surface area contributed by atoms with Crippen LogP contribution in [-0.2, 0) is 9.53 Å². The topological polar surface area (TPSA) is 47.6 Å². The van der Waals surface area contributed by atoms with Gasteiger partial charge in [0, 0.05) is 19.2 Å². The minimum absolute atomic E-state index is 0.0841. The number of rotatable bonds is 8. The van der Waals surface area contributed by atoms with E-state index in [9.17, 15) is 4.79 Å². The molecule has 0 aliphatic rings. The van der Waals surface area contributed by atoms with E-state index < -0.39 is 0 Å². The molecule has 4 heteroatoms. The summed E-state index contributed by atoms with van der Waals surface area (Å²) in [6, 6.07) is 3.93. The van der Waals surface area contributed by atoms with Crippen LogP contribution in [0.2, 0.25) is 0 Å². The highest BCUT2D eigenvalue weighted by molar-refractivity contribution is 5.92. The van der Waals surface area contributed by atoms with Crippen LogP contribution in [0.4, 0.5) is 0 Å². The fraction of sp³-hybridized carbons (Fsp3) is 0.500. The Morgan fingerprint density at radius 2 is 1.91 bits per heavy atom. The van der Waals surface area contributed by atoms with Crippen molar-refractivity contribution < 1.29 is 14.3 Å². The van der Waals surface area contributed by atoms with E-state index in [4.69, 9.17) is 9.47 Å². The molecule has 0 bridgehead atoms. The van der Waals surface area contributed by atoms with Gasteiger partial charge in [-0.15, -0.1) is 0 Å². The van der Waals surface area contributed by atoms with Crippen LogP contribution >= 0.6 is 0 Å². The lowest BCUT2D eigenvalue weighted by molar-refractivity contribution is -0.116. The first-order valence-electron chi connectivity index (χ1n) is 7.66. The number of nitrogens with one attached hydrogen (secondary N) is 1. The van der Waals surface area contributed by atoms with Gasteiger partial charge in [-0.1, -0.05) is 0 Å². The number of amides is 1. The number of carbonyl (C=O) groups excluding carboxylic acids is 1. The normalized spacial score (nSPS) is 11.2. The average molecular weight is 305 g/mol. The van der Waals surface area contributed by atoms with Gasteiger partial charge in [0.25, 0.3) is 0 Å². The second-order valence-electron chi connectivity index (χ2n) is 5.57. The first-order chi connectivity index (χ1) is 10.4. The molecule has 0 unspecified atom stereocenters. The first kappa shape index (κ1) is 18.2. The number of hydrogen-bond acceptors (Lipinski definition) is 3. The SMILES string of the molecule is COc1cc(C)c(/C=C/C(=O)NCCCOC(C)C)c(C)c1. The van der Waals surface area contributed by atoms with E-state index in [1.165, 1.54) is 0 Å². The van der Waals surface area contributed by atoms with Crippen molar-refractivity contribution >= 4 is 12.0 Å². The molecule has 0 aliphatic carbocycles. The maximum absolute atomic E-state index is 11.8. The minimum Gasteiger partial charge on any atom is -0.497 e. The Kier molecular flexibility index (Phi) is 7.67. The summed E-state index contributed by atoms with van der Waals surface area (Å²) in [5.41, 5.74) is 3.23. The molecule has 1 aromatic rings. The Bertz CT molecular complexity index is 498. The molecule has 0 saturated heterocycles. The van der Waals surface area contributed by atoms with Crippen molar-refractivity contribution in [2.24, 2.45) is 0 Å². The van der Waals surface area contributed by atoms with Crippen molar-refractivity contribution in [3.8, 4) is 5.75 Å². The minimum atomic E-state index is -0.0841. The van der Waals surface area contributed by atoms with Gasteiger partial charge >= 0.3 is 0 Å². The second-order valence-corrected chi connectivity index (χ2v) is 5.57.